The Kier molecular flexibility index (Phi) is 6.33. The summed E-state index contributed by atoms with van der Waals surface area (Å²) >= 11 is 0. The molecule has 0 aliphatic heterocycles. The number of nitrogens with zero attached hydrogens (tertiary/aromatic N) is 4. The second-order valence-corrected chi connectivity index (χ2v) is 10.4. The van der Waals surface area contributed by atoms with E-state index in [0.29, 0.717) is 28.4 Å². The zero-order valence-electron chi connectivity index (χ0n) is 25.1. The first kappa shape index (κ1) is 23.6. The van der Waals surface area contributed by atoms with Gasteiger partial charge in [0.25, 0.3) is 0 Å². The maximum absolute atomic E-state index is 9.54. The van der Waals surface area contributed by atoms with Gasteiger partial charge in [-0.1, -0.05) is 50.6 Å². The van der Waals surface area contributed by atoms with Gasteiger partial charge in [-0.25, -0.2) is 4.98 Å². The number of pyridine rings is 2. The Labute approximate surface area is 252 Å². The zero-order valence-corrected chi connectivity index (χ0v) is 24.4. The van der Waals surface area contributed by atoms with Crippen molar-refractivity contribution in [1.82, 2.24) is 14.5 Å². The van der Waals surface area contributed by atoms with Crippen LogP contribution in [0.2, 0.25) is 0 Å². The third-order valence-electron chi connectivity index (χ3n) is 6.62. The second-order valence-electron chi connectivity index (χ2n) is 10.4. The number of benzene rings is 3. The minimum absolute atomic E-state index is 0. The minimum Gasteiger partial charge on any atom is -0.503 e. The summed E-state index contributed by atoms with van der Waals surface area (Å²) in [7, 11) is 0. The average molecular weight is 705 g/mol. The predicted octanol–water partition coefficient (Wildman–Crippen LogP) is 8.11. The number of aryl methyl sites for hydroxylation is 1. The van der Waals surface area contributed by atoms with E-state index < -0.39 is 6.85 Å². The summed E-state index contributed by atoms with van der Waals surface area (Å²) in [5.74, 6) is 1.41. The monoisotopic (exact) mass is 704 g/mol. The van der Waals surface area contributed by atoms with Crippen LogP contribution in [0.5, 0.6) is 11.5 Å². The van der Waals surface area contributed by atoms with Crippen LogP contribution in [0.1, 0.15) is 41.6 Å². The molecule has 0 N–H and O–H groups in total. The van der Waals surface area contributed by atoms with Crippen molar-refractivity contribution in [3.63, 3.8) is 0 Å². The van der Waals surface area contributed by atoms with Crippen LogP contribution in [0.3, 0.4) is 0 Å². The Morgan fingerprint density at radius 1 is 0.900 bits per heavy atom. The van der Waals surface area contributed by atoms with Gasteiger partial charge in [0.15, 0.2) is 0 Å². The molecule has 6 rings (SSSR count). The van der Waals surface area contributed by atoms with Gasteiger partial charge in [0.05, 0.1) is 11.6 Å². The molecule has 0 saturated heterocycles. The molecule has 5 nitrogen and oxygen atoms in total. The van der Waals surface area contributed by atoms with Gasteiger partial charge in [-0.15, -0.1) is 34.7 Å². The Morgan fingerprint density at radius 3 is 2.52 bits per heavy atom. The van der Waals surface area contributed by atoms with Gasteiger partial charge >= 0.3 is 21.1 Å². The summed E-state index contributed by atoms with van der Waals surface area (Å²) < 4.78 is 31.9. The molecular formula is C34H26N4OPt. The quantitative estimate of drug-likeness (QED) is 0.174. The van der Waals surface area contributed by atoms with E-state index in [1.807, 2.05) is 53.1 Å². The van der Waals surface area contributed by atoms with Crippen LogP contribution in [-0.4, -0.2) is 14.5 Å². The van der Waals surface area contributed by atoms with Crippen LogP contribution in [0.4, 0.5) is 0 Å². The number of hydrogen-bond donors (Lipinski definition) is 0. The molecule has 0 saturated carbocycles. The normalized spacial score (nSPS) is 12.7. The first-order valence-corrected chi connectivity index (χ1v) is 12.6. The maximum atomic E-state index is 9.54. The minimum atomic E-state index is -2.29. The van der Waals surface area contributed by atoms with Crippen molar-refractivity contribution < 1.29 is 29.9 Å². The first-order valence-electron chi connectivity index (χ1n) is 14.1. The van der Waals surface area contributed by atoms with E-state index in [4.69, 9.17) is 8.85 Å². The summed E-state index contributed by atoms with van der Waals surface area (Å²) in [6.45, 7) is 4.13. The molecule has 0 radical (unpaired) electrons. The number of nitriles is 1. The molecule has 3 aromatic heterocycles. The van der Waals surface area contributed by atoms with Crippen molar-refractivity contribution in [3.05, 3.63) is 114 Å². The van der Waals surface area contributed by atoms with Gasteiger partial charge in [-0.05, 0) is 65.3 Å². The smallest absolute Gasteiger partial charge is 0.503 e. The van der Waals surface area contributed by atoms with Gasteiger partial charge in [-0.2, -0.15) is 11.3 Å². The molecule has 40 heavy (non-hydrogen) atoms. The molecule has 198 valence electrons. The number of rotatable bonds is 4. The molecule has 0 amide bonds. The molecule has 0 aliphatic carbocycles. The Balaban J connectivity index is 0.00000368. The van der Waals surface area contributed by atoms with E-state index in [0.717, 1.165) is 33.1 Å². The van der Waals surface area contributed by atoms with E-state index in [1.54, 1.807) is 18.3 Å². The number of hydrogen-bond acceptors (Lipinski definition) is 4. The fraction of sp³-hybridized carbons (Fsp3) is 0.147. The molecule has 3 heterocycles. The largest absolute Gasteiger partial charge is 2.00 e. The van der Waals surface area contributed by atoms with Gasteiger partial charge in [-0.3, -0.25) is 0 Å². The molecule has 3 aromatic carbocycles. The third kappa shape index (κ3) is 5.16. The molecule has 0 bridgehead atoms. The topological polar surface area (TPSA) is 63.7 Å². The van der Waals surface area contributed by atoms with E-state index in [1.165, 1.54) is 12.3 Å². The number of fused-ring (bicyclic) bond motifs is 3. The third-order valence-corrected chi connectivity index (χ3v) is 6.62. The predicted molar refractivity (Wildman–Crippen MR) is 154 cm³/mol. The van der Waals surface area contributed by atoms with E-state index in [2.05, 4.69) is 55.0 Å². The summed E-state index contributed by atoms with van der Waals surface area (Å²) in [5.41, 5.74) is 4.65. The van der Waals surface area contributed by atoms with Crippen molar-refractivity contribution >= 4 is 21.8 Å². The summed E-state index contributed by atoms with van der Waals surface area (Å²) in [6.07, 6.45) is 3.24. The molecule has 0 atom stereocenters. The number of ether oxygens (including phenoxy) is 1. The van der Waals surface area contributed by atoms with Crippen LogP contribution in [-0.2, 0) is 26.5 Å². The van der Waals surface area contributed by atoms with E-state index >= 15 is 0 Å². The standard InChI is InChI=1S/C34H26N4O.Pt/c1-22-12-14-37-33(15-22)38-31-11-8-23(21-35)16-29(31)28-10-9-26(20-32(28)38)39-27-18-24(30-7-5-6-13-36-30)17-25(19-27)34(2,3)4;/h5-17,19H,1-4H3;/q-2;+2/i1D3;. The zero-order chi connectivity index (χ0) is 29.6. The van der Waals surface area contributed by atoms with Crippen molar-refractivity contribution in [1.29, 1.82) is 5.26 Å². The second kappa shape index (κ2) is 10.7. The first-order chi connectivity index (χ1) is 20.0. The molecule has 0 aliphatic rings. The Hall–Kier alpha value is -4.26. The van der Waals surface area contributed by atoms with Gasteiger partial charge in [0.1, 0.15) is 5.82 Å². The van der Waals surface area contributed by atoms with Gasteiger partial charge in [0, 0.05) is 33.5 Å². The molecule has 6 heteroatoms. The number of aromatic nitrogens is 3. The van der Waals surface area contributed by atoms with E-state index in [9.17, 15) is 5.26 Å². The Morgan fingerprint density at radius 2 is 1.77 bits per heavy atom. The molecule has 0 unspecified atom stereocenters. The molecule has 6 aromatic rings. The van der Waals surface area contributed by atoms with Crippen molar-refractivity contribution in [2.75, 3.05) is 0 Å². The fourth-order valence-corrected chi connectivity index (χ4v) is 4.64. The van der Waals surface area contributed by atoms with Crippen LogP contribution < -0.4 is 4.74 Å². The van der Waals surface area contributed by atoms with Crippen LogP contribution in [0.25, 0.3) is 38.9 Å². The van der Waals surface area contributed by atoms with Crippen LogP contribution in [0.15, 0.2) is 85.2 Å². The van der Waals surface area contributed by atoms with Crippen molar-refractivity contribution in [2.24, 2.45) is 0 Å². The van der Waals surface area contributed by atoms with Crippen molar-refractivity contribution in [2.45, 2.75) is 33.0 Å². The summed E-state index contributed by atoms with van der Waals surface area (Å²) in [5, 5.41) is 11.2. The van der Waals surface area contributed by atoms with Gasteiger partial charge in [0.2, 0.25) is 0 Å². The SMILES string of the molecule is [2H]C([2H])([2H])c1ccnc(-n2c3[c-]c(Oc4[c-]c(-c5ccccn5)cc(C(C)(C)C)c4)ccc3c3cc(C#N)ccc32)c1.[Pt+2]. The Bertz CT molecular complexity index is 2010. The molecule has 0 fully saturated rings. The fourth-order valence-electron chi connectivity index (χ4n) is 4.64. The molecular weight excluding hydrogens is 675 g/mol. The van der Waals surface area contributed by atoms with Gasteiger partial charge < -0.3 is 14.3 Å². The average Bonchev–Trinajstić information content (AvgIpc) is 3.29. The maximum Gasteiger partial charge on any atom is 2.00 e. The van der Waals surface area contributed by atoms with Crippen LogP contribution >= 0.6 is 0 Å². The van der Waals surface area contributed by atoms with Crippen molar-refractivity contribution in [3.8, 4) is 34.6 Å². The van der Waals surface area contributed by atoms with Crippen LogP contribution in [0, 0.1) is 30.3 Å². The van der Waals surface area contributed by atoms with E-state index in [-0.39, 0.29) is 32.0 Å². The summed E-state index contributed by atoms with van der Waals surface area (Å²) in [4.78, 5) is 9.01. The molecule has 0 spiro atoms. The summed E-state index contributed by atoms with van der Waals surface area (Å²) in [6, 6.07) is 30.9.